The number of methoxy groups -OCH3 is 3. The Morgan fingerprint density at radius 2 is 1.36 bits per heavy atom. The minimum absolute atomic E-state index is 0.168. The minimum Gasteiger partial charge on any atom is -0.493 e. The Balaban J connectivity index is 2.20. The van der Waals surface area contributed by atoms with E-state index in [0.29, 0.717) is 34.4 Å². The summed E-state index contributed by atoms with van der Waals surface area (Å²) in [6, 6.07) is 10.7. The summed E-state index contributed by atoms with van der Waals surface area (Å²) < 4.78 is 27.4. The summed E-state index contributed by atoms with van der Waals surface area (Å²) in [5.74, 6) is -0.836. The van der Waals surface area contributed by atoms with Gasteiger partial charge in [0.1, 0.15) is 0 Å². The molecule has 36 heavy (non-hydrogen) atoms. The molecule has 0 aliphatic carbocycles. The molecule has 0 atom stereocenters. The summed E-state index contributed by atoms with van der Waals surface area (Å²) >= 11 is 6.02. The highest BCUT2D eigenvalue weighted by Crippen LogP contribution is 2.48. The van der Waals surface area contributed by atoms with E-state index in [1.54, 1.807) is 55.4 Å². The predicted octanol–water partition coefficient (Wildman–Crippen LogP) is 4.86. The molecule has 0 bridgehead atoms. The molecule has 0 N–H and O–H groups in total. The van der Waals surface area contributed by atoms with Gasteiger partial charge < -0.3 is 28.6 Å². The molecule has 192 valence electrons. The first-order chi connectivity index (χ1) is 17.4. The van der Waals surface area contributed by atoms with E-state index in [-0.39, 0.29) is 24.4 Å². The number of ether oxygens (including phenoxy) is 5. The van der Waals surface area contributed by atoms with Crippen LogP contribution in [0, 0.1) is 0 Å². The van der Waals surface area contributed by atoms with Crippen LogP contribution in [0.4, 0.5) is 0 Å². The maximum absolute atomic E-state index is 13.2. The van der Waals surface area contributed by atoms with Gasteiger partial charge in [0, 0.05) is 29.5 Å². The zero-order valence-corrected chi connectivity index (χ0v) is 21.8. The molecule has 8 nitrogen and oxygen atoms in total. The Hall–Kier alpha value is -3.65. The van der Waals surface area contributed by atoms with Gasteiger partial charge in [-0.1, -0.05) is 29.8 Å². The first kappa shape index (κ1) is 26.9. The second-order valence-corrected chi connectivity index (χ2v) is 8.20. The van der Waals surface area contributed by atoms with Gasteiger partial charge in [-0.2, -0.15) is 0 Å². The lowest BCUT2D eigenvalue weighted by atomic mass is 9.82. The van der Waals surface area contributed by atoms with Crippen LogP contribution in [-0.4, -0.2) is 51.4 Å². The largest absolute Gasteiger partial charge is 0.493 e. The molecule has 1 heterocycles. The third kappa shape index (κ3) is 5.76. The van der Waals surface area contributed by atoms with Gasteiger partial charge in [0.05, 0.1) is 51.6 Å². The fourth-order valence-corrected chi connectivity index (χ4v) is 4.19. The van der Waals surface area contributed by atoms with E-state index in [4.69, 9.17) is 35.3 Å². The molecule has 9 heteroatoms. The number of rotatable bonds is 10. The lowest BCUT2D eigenvalue weighted by Crippen LogP contribution is -2.29. The average Bonchev–Trinajstić information content (AvgIpc) is 2.88. The van der Waals surface area contributed by atoms with E-state index >= 15 is 0 Å². The number of halogens is 1. The maximum Gasteiger partial charge on any atom is 0.336 e. The second kappa shape index (κ2) is 12.4. The van der Waals surface area contributed by atoms with Gasteiger partial charge >= 0.3 is 11.9 Å². The van der Waals surface area contributed by atoms with Gasteiger partial charge in [-0.15, -0.1) is 0 Å². The molecule has 0 amide bonds. The molecule has 3 rings (SSSR count). The molecule has 0 spiro atoms. The fraction of sp³-hybridized carbons (Fsp3) is 0.333. The van der Waals surface area contributed by atoms with E-state index in [9.17, 15) is 9.59 Å². The summed E-state index contributed by atoms with van der Waals surface area (Å²) in [6.45, 7) is 4.17. The second-order valence-electron chi connectivity index (χ2n) is 7.77. The van der Waals surface area contributed by atoms with Gasteiger partial charge in [-0.3, -0.25) is 0 Å². The van der Waals surface area contributed by atoms with Crippen molar-refractivity contribution in [2.24, 2.45) is 0 Å². The van der Waals surface area contributed by atoms with E-state index < -0.39 is 17.9 Å². The van der Waals surface area contributed by atoms with Crippen molar-refractivity contribution < 1.29 is 33.3 Å². The van der Waals surface area contributed by atoms with Crippen molar-refractivity contribution in [3.05, 3.63) is 76.1 Å². The Morgan fingerprint density at radius 3 is 1.83 bits per heavy atom. The van der Waals surface area contributed by atoms with Crippen LogP contribution in [0.15, 0.2) is 59.9 Å². The minimum atomic E-state index is -0.834. The monoisotopic (exact) mass is 515 g/mol. The van der Waals surface area contributed by atoms with Crippen LogP contribution in [0.5, 0.6) is 17.2 Å². The molecule has 0 radical (unpaired) electrons. The van der Waals surface area contributed by atoms with Crippen molar-refractivity contribution in [3.63, 3.8) is 0 Å². The Kier molecular flexibility index (Phi) is 9.25. The number of carbonyl (C=O) groups excluding carboxylic acids is 2. The number of carbonyl (C=O) groups is 2. The van der Waals surface area contributed by atoms with Crippen molar-refractivity contribution in [2.75, 3.05) is 34.5 Å². The van der Waals surface area contributed by atoms with Crippen molar-refractivity contribution in [3.8, 4) is 17.2 Å². The van der Waals surface area contributed by atoms with E-state index in [2.05, 4.69) is 0 Å². The van der Waals surface area contributed by atoms with Crippen LogP contribution in [0.25, 0.3) is 0 Å². The zero-order chi connectivity index (χ0) is 26.2. The predicted molar refractivity (Wildman–Crippen MR) is 135 cm³/mol. The first-order valence-corrected chi connectivity index (χ1v) is 11.8. The van der Waals surface area contributed by atoms with Gasteiger partial charge in [0.15, 0.2) is 11.5 Å². The van der Waals surface area contributed by atoms with Crippen LogP contribution in [0.1, 0.15) is 30.9 Å². The quantitative estimate of drug-likeness (QED) is 0.415. The molecule has 0 aromatic heterocycles. The first-order valence-electron chi connectivity index (χ1n) is 11.4. The number of nitrogens with zero attached hydrogens (tertiary/aromatic N) is 1. The van der Waals surface area contributed by atoms with Crippen LogP contribution in [0.3, 0.4) is 0 Å². The Morgan fingerprint density at radius 1 is 0.806 bits per heavy atom. The average molecular weight is 516 g/mol. The summed E-state index contributed by atoms with van der Waals surface area (Å²) in [7, 11) is 4.49. The lowest BCUT2D eigenvalue weighted by molar-refractivity contribution is -0.139. The third-order valence-electron chi connectivity index (χ3n) is 5.58. The summed E-state index contributed by atoms with van der Waals surface area (Å²) in [5, 5.41) is 0.614. The third-order valence-corrected chi connectivity index (χ3v) is 5.83. The molecule has 2 aromatic rings. The van der Waals surface area contributed by atoms with Crippen LogP contribution < -0.4 is 14.2 Å². The topological polar surface area (TPSA) is 83.5 Å². The molecule has 1 aliphatic rings. The highest BCUT2D eigenvalue weighted by Gasteiger charge is 2.38. The number of esters is 2. The van der Waals surface area contributed by atoms with Crippen LogP contribution >= 0.6 is 11.6 Å². The van der Waals surface area contributed by atoms with Crippen molar-refractivity contribution >= 4 is 23.5 Å². The van der Waals surface area contributed by atoms with E-state index in [0.717, 1.165) is 5.56 Å². The van der Waals surface area contributed by atoms with Crippen molar-refractivity contribution in [2.45, 2.75) is 26.3 Å². The van der Waals surface area contributed by atoms with Crippen molar-refractivity contribution in [1.29, 1.82) is 0 Å². The van der Waals surface area contributed by atoms with Crippen LogP contribution in [-0.2, 0) is 25.6 Å². The normalized spacial score (nSPS) is 13.4. The van der Waals surface area contributed by atoms with Gasteiger partial charge in [-0.05, 0) is 37.6 Å². The van der Waals surface area contributed by atoms with E-state index in [1.165, 1.54) is 21.3 Å². The standard InChI is InChI=1S/C27H30ClNO7/c1-6-35-26(30)20-15-29(14-17-8-10-18(28)11-9-17)16-21(27(31)36-7-2)23(20)19-12-13-22(32-3)25(34-5)24(19)33-4/h8-13,15-16,23H,6-7,14H2,1-5H3. The van der Waals surface area contributed by atoms with Gasteiger partial charge in [0.2, 0.25) is 5.75 Å². The molecule has 0 saturated heterocycles. The molecular formula is C27H30ClNO7. The Labute approximate surface area is 216 Å². The van der Waals surface area contributed by atoms with Gasteiger partial charge in [0.25, 0.3) is 0 Å². The summed E-state index contributed by atoms with van der Waals surface area (Å²) in [6.07, 6.45) is 3.35. The lowest BCUT2D eigenvalue weighted by Gasteiger charge is -2.31. The zero-order valence-electron chi connectivity index (χ0n) is 21.0. The smallest absolute Gasteiger partial charge is 0.336 e. The molecule has 1 aliphatic heterocycles. The number of benzene rings is 2. The molecule has 0 saturated carbocycles. The van der Waals surface area contributed by atoms with E-state index in [1.807, 2.05) is 12.1 Å². The maximum atomic E-state index is 13.2. The van der Waals surface area contributed by atoms with Crippen LogP contribution in [0.2, 0.25) is 5.02 Å². The van der Waals surface area contributed by atoms with Crippen molar-refractivity contribution in [1.82, 2.24) is 4.90 Å². The number of hydrogen-bond acceptors (Lipinski definition) is 8. The highest BCUT2D eigenvalue weighted by molar-refractivity contribution is 6.30. The molecular weight excluding hydrogens is 486 g/mol. The van der Waals surface area contributed by atoms with Gasteiger partial charge in [-0.25, -0.2) is 9.59 Å². The summed E-state index contributed by atoms with van der Waals surface area (Å²) in [5.41, 5.74) is 1.96. The molecule has 2 aromatic carbocycles. The fourth-order valence-electron chi connectivity index (χ4n) is 4.06. The molecule has 0 unspecified atom stereocenters. The SMILES string of the molecule is CCOC(=O)C1=CN(Cc2ccc(Cl)cc2)C=C(C(=O)OCC)C1c1ccc(OC)c(OC)c1OC. The number of hydrogen-bond donors (Lipinski definition) is 0. The summed E-state index contributed by atoms with van der Waals surface area (Å²) in [4.78, 5) is 28.2. The molecule has 0 fully saturated rings. The Bertz CT molecular complexity index is 1120. The highest BCUT2D eigenvalue weighted by atomic mass is 35.5.